The van der Waals surface area contributed by atoms with Gasteiger partial charge in [0.05, 0.1) is 17.2 Å². The van der Waals surface area contributed by atoms with Gasteiger partial charge in [-0.1, -0.05) is 0 Å². The summed E-state index contributed by atoms with van der Waals surface area (Å²) < 4.78 is 76.5. The monoisotopic (exact) mass is 367 g/mol. The predicted octanol–water partition coefficient (Wildman–Crippen LogP) is 2.61. The molecule has 0 spiro atoms. The van der Waals surface area contributed by atoms with Crippen molar-refractivity contribution in [2.24, 2.45) is 5.73 Å². The number of amides is 2. The maximum absolute atomic E-state index is 12.7. The number of carbonyl (C=O) groups excluding carboxylic acids is 2. The van der Waals surface area contributed by atoms with Crippen molar-refractivity contribution in [3.05, 3.63) is 34.9 Å². The number of nitrogens with zero attached hydrogens (tertiary/aromatic N) is 1. The number of carbonyl (C=O) groups is 2. The van der Waals surface area contributed by atoms with E-state index in [1.807, 2.05) is 5.32 Å². The molecule has 0 fully saturated rings. The molecule has 1 rings (SSSR count). The zero-order chi connectivity index (χ0) is 19.4. The van der Waals surface area contributed by atoms with Crippen molar-refractivity contribution in [1.82, 2.24) is 5.32 Å². The summed E-state index contributed by atoms with van der Waals surface area (Å²) in [4.78, 5) is 23.1. The first-order valence-corrected chi connectivity index (χ1v) is 6.63. The third-order valence-corrected chi connectivity index (χ3v) is 3.04. The first-order valence-electron chi connectivity index (χ1n) is 6.63. The Hall–Kier alpha value is -2.77. The van der Waals surface area contributed by atoms with E-state index in [0.29, 0.717) is 0 Å². The molecule has 5 nitrogen and oxygen atoms in total. The topological polar surface area (TPSA) is 96.0 Å². The van der Waals surface area contributed by atoms with Gasteiger partial charge in [-0.05, 0) is 24.6 Å². The lowest BCUT2D eigenvalue weighted by Gasteiger charge is -2.17. The highest BCUT2D eigenvalue weighted by atomic mass is 19.4. The number of hydrogen-bond donors (Lipinski definition) is 2. The molecule has 2 amide bonds. The lowest BCUT2D eigenvalue weighted by molar-refractivity contribution is -0.143. The molecule has 0 unspecified atom stereocenters. The molecule has 0 aliphatic carbocycles. The van der Waals surface area contributed by atoms with Crippen LogP contribution in [0.4, 0.5) is 26.3 Å². The highest BCUT2D eigenvalue weighted by Gasteiger charge is 2.37. The van der Waals surface area contributed by atoms with Gasteiger partial charge in [0.2, 0.25) is 5.91 Å². The Kier molecular flexibility index (Phi) is 6.01. The fraction of sp³-hybridized carbons (Fsp3) is 0.357. The first kappa shape index (κ1) is 20.3. The first-order chi connectivity index (χ1) is 11.4. The van der Waals surface area contributed by atoms with Gasteiger partial charge in [-0.2, -0.15) is 31.6 Å². The van der Waals surface area contributed by atoms with Crippen LogP contribution in [0.2, 0.25) is 0 Å². The Morgan fingerprint density at radius 2 is 1.56 bits per heavy atom. The van der Waals surface area contributed by atoms with E-state index in [1.165, 1.54) is 0 Å². The van der Waals surface area contributed by atoms with E-state index < -0.39 is 46.9 Å². The number of rotatable bonds is 5. The van der Waals surface area contributed by atoms with Gasteiger partial charge >= 0.3 is 12.4 Å². The highest BCUT2D eigenvalue weighted by molar-refractivity contribution is 5.97. The smallest absolute Gasteiger partial charge is 0.368 e. The van der Waals surface area contributed by atoms with E-state index >= 15 is 0 Å². The van der Waals surface area contributed by atoms with Crippen LogP contribution in [0, 0.1) is 11.3 Å². The molecule has 1 aromatic rings. The van der Waals surface area contributed by atoms with E-state index in [9.17, 15) is 35.9 Å². The summed E-state index contributed by atoms with van der Waals surface area (Å²) in [7, 11) is 0. The van der Waals surface area contributed by atoms with Gasteiger partial charge < -0.3 is 11.1 Å². The number of nitrogens with two attached hydrogens (primary N) is 1. The standard InChI is InChI=1S/C14H11F6N3O2/c15-13(16,17)8-4-7(5-9(6-8)14(18,19)20)12(25)23-10(11(22)24)2-1-3-21/h4-6,10H,1-2H2,(H2,22,24)(H,23,25)/t10-/m0/s1. The van der Waals surface area contributed by atoms with Gasteiger partial charge in [0.25, 0.3) is 5.91 Å². The summed E-state index contributed by atoms with van der Waals surface area (Å²) in [6, 6.07) is 0.592. The van der Waals surface area contributed by atoms with Crippen LogP contribution < -0.4 is 11.1 Å². The third-order valence-electron chi connectivity index (χ3n) is 3.04. The predicted molar refractivity (Wildman–Crippen MR) is 71.7 cm³/mol. The number of halogens is 6. The Morgan fingerprint density at radius 1 is 1.08 bits per heavy atom. The van der Waals surface area contributed by atoms with Gasteiger partial charge in [-0.3, -0.25) is 9.59 Å². The molecule has 136 valence electrons. The Labute approximate surface area is 137 Å². The second-order valence-corrected chi connectivity index (χ2v) is 4.92. The molecule has 1 atom stereocenters. The maximum Gasteiger partial charge on any atom is 0.416 e. The fourth-order valence-corrected chi connectivity index (χ4v) is 1.82. The summed E-state index contributed by atoms with van der Waals surface area (Å²) in [6.45, 7) is 0. The van der Waals surface area contributed by atoms with Crippen LogP contribution in [0.15, 0.2) is 18.2 Å². The average molecular weight is 367 g/mol. The highest BCUT2D eigenvalue weighted by Crippen LogP contribution is 2.36. The van der Waals surface area contributed by atoms with Gasteiger partial charge in [0, 0.05) is 12.0 Å². The number of alkyl halides is 6. The lowest BCUT2D eigenvalue weighted by Crippen LogP contribution is -2.44. The van der Waals surface area contributed by atoms with Crippen LogP contribution in [-0.2, 0) is 17.1 Å². The van der Waals surface area contributed by atoms with Crippen molar-refractivity contribution >= 4 is 11.8 Å². The Balaban J connectivity index is 3.24. The van der Waals surface area contributed by atoms with Gasteiger partial charge in [-0.15, -0.1) is 0 Å². The van der Waals surface area contributed by atoms with E-state index in [4.69, 9.17) is 11.0 Å². The average Bonchev–Trinajstić information content (AvgIpc) is 2.48. The lowest BCUT2D eigenvalue weighted by atomic mass is 10.0. The Morgan fingerprint density at radius 3 is 1.92 bits per heavy atom. The molecule has 0 saturated carbocycles. The summed E-state index contributed by atoms with van der Waals surface area (Å²) >= 11 is 0. The molecule has 0 bridgehead atoms. The summed E-state index contributed by atoms with van der Waals surface area (Å²) in [6.07, 6.45) is -10.7. The molecule has 0 radical (unpaired) electrons. The molecule has 11 heteroatoms. The summed E-state index contributed by atoms with van der Waals surface area (Å²) in [5.41, 5.74) is 0.707. The number of primary amides is 1. The maximum atomic E-state index is 12.7. The van der Waals surface area contributed by atoms with E-state index in [-0.39, 0.29) is 31.0 Å². The van der Waals surface area contributed by atoms with Crippen molar-refractivity contribution < 1.29 is 35.9 Å². The van der Waals surface area contributed by atoms with E-state index in [0.717, 1.165) is 0 Å². The third kappa shape index (κ3) is 5.66. The second kappa shape index (κ2) is 7.42. The van der Waals surface area contributed by atoms with Crippen molar-refractivity contribution in [1.29, 1.82) is 5.26 Å². The Bertz CT molecular complexity index is 674. The van der Waals surface area contributed by atoms with Gasteiger partial charge in [-0.25, -0.2) is 0 Å². The van der Waals surface area contributed by atoms with Crippen molar-refractivity contribution in [2.45, 2.75) is 31.2 Å². The summed E-state index contributed by atoms with van der Waals surface area (Å²) in [5.74, 6) is -2.43. The molecule has 3 N–H and O–H groups in total. The van der Waals surface area contributed by atoms with Crippen molar-refractivity contribution in [3.63, 3.8) is 0 Å². The van der Waals surface area contributed by atoms with E-state index in [2.05, 4.69) is 0 Å². The molecular weight excluding hydrogens is 356 g/mol. The SMILES string of the molecule is N#CCC[C@H](NC(=O)c1cc(C(F)(F)F)cc(C(F)(F)F)c1)C(N)=O. The van der Waals surface area contributed by atoms with Crippen LogP contribution in [0.3, 0.4) is 0 Å². The van der Waals surface area contributed by atoms with Crippen LogP contribution >= 0.6 is 0 Å². The summed E-state index contributed by atoms with van der Waals surface area (Å²) in [5, 5.41) is 10.4. The quantitative estimate of drug-likeness (QED) is 0.783. The largest absolute Gasteiger partial charge is 0.416 e. The molecule has 25 heavy (non-hydrogen) atoms. The molecule has 0 aliphatic rings. The molecule has 0 aromatic heterocycles. The van der Waals surface area contributed by atoms with Crippen molar-refractivity contribution in [2.75, 3.05) is 0 Å². The molecule has 0 heterocycles. The minimum atomic E-state index is -5.11. The molecule has 1 aromatic carbocycles. The minimum Gasteiger partial charge on any atom is -0.368 e. The van der Waals surface area contributed by atoms with Crippen LogP contribution in [-0.4, -0.2) is 17.9 Å². The normalized spacial score (nSPS) is 13.0. The fourth-order valence-electron chi connectivity index (χ4n) is 1.82. The molecule has 0 aliphatic heterocycles. The molecule has 0 saturated heterocycles. The van der Waals surface area contributed by atoms with Crippen LogP contribution in [0.1, 0.15) is 34.3 Å². The zero-order valence-electron chi connectivity index (χ0n) is 12.3. The number of hydrogen-bond acceptors (Lipinski definition) is 3. The van der Waals surface area contributed by atoms with Crippen molar-refractivity contribution in [3.8, 4) is 6.07 Å². The number of nitriles is 1. The van der Waals surface area contributed by atoms with Crippen LogP contribution in [0.25, 0.3) is 0 Å². The number of nitrogens with one attached hydrogen (secondary N) is 1. The van der Waals surface area contributed by atoms with E-state index in [1.54, 1.807) is 6.07 Å². The second-order valence-electron chi connectivity index (χ2n) is 4.92. The van der Waals surface area contributed by atoms with Gasteiger partial charge in [0.15, 0.2) is 0 Å². The number of benzene rings is 1. The minimum absolute atomic E-state index is 0.127. The van der Waals surface area contributed by atoms with Gasteiger partial charge in [0.1, 0.15) is 6.04 Å². The zero-order valence-corrected chi connectivity index (χ0v) is 12.3. The molecular formula is C14H11F6N3O2. The van der Waals surface area contributed by atoms with Crippen LogP contribution in [0.5, 0.6) is 0 Å².